The monoisotopic (exact) mass is 639 g/mol. The highest BCUT2D eigenvalue weighted by molar-refractivity contribution is 6.31. The number of rotatable bonds is 5. The van der Waals surface area contributed by atoms with Gasteiger partial charge in [0.2, 0.25) is 10.9 Å². The summed E-state index contributed by atoms with van der Waals surface area (Å²) in [5, 5.41) is 7.33. The minimum absolute atomic E-state index is 0.0113. The highest BCUT2D eigenvalue weighted by atomic mass is 35.5. The lowest BCUT2D eigenvalue weighted by Crippen LogP contribution is -2.23. The van der Waals surface area contributed by atoms with Crippen molar-refractivity contribution in [1.82, 2.24) is 14.5 Å². The molecule has 0 spiro atoms. The lowest BCUT2D eigenvalue weighted by Gasteiger charge is -2.14. The Balaban J connectivity index is 1.49. The zero-order valence-corrected chi connectivity index (χ0v) is 24.5. The van der Waals surface area contributed by atoms with Crippen LogP contribution in [-0.4, -0.2) is 14.5 Å². The van der Waals surface area contributed by atoms with Gasteiger partial charge in [-0.2, -0.15) is 0 Å². The molecule has 214 valence electrons. The van der Waals surface area contributed by atoms with E-state index >= 15 is 0 Å². The first-order valence-electron chi connectivity index (χ1n) is 13.1. The van der Waals surface area contributed by atoms with Crippen molar-refractivity contribution in [3.63, 3.8) is 0 Å². The van der Waals surface area contributed by atoms with Crippen LogP contribution in [0.25, 0.3) is 38.3 Å². The van der Waals surface area contributed by atoms with Crippen molar-refractivity contribution in [1.29, 1.82) is 0 Å². The van der Waals surface area contributed by atoms with Gasteiger partial charge in [-0.25, -0.2) is 14.5 Å². The Morgan fingerprint density at radius 2 is 0.955 bits per heavy atom. The minimum Gasteiger partial charge on any atom is -0.337 e. The van der Waals surface area contributed by atoms with Crippen LogP contribution in [-0.2, 0) is 0 Å². The van der Waals surface area contributed by atoms with Crippen LogP contribution < -0.4 is 32.6 Å². The van der Waals surface area contributed by atoms with Gasteiger partial charge < -0.3 is 10.6 Å². The first-order chi connectivity index (χ1) is 21.2. The Hall–Kier alpha value is -5.09. The van der Waals surface area contributed by atoms with Crippen LogP contribution in [0, 0.1) is 0 Å². The molecule has 0 saturated heterocycles. The zero-order chi connectivity index (χ0) is 30.7. The molecule has 0 atom stereocenters. The highest BCUT2D eigenvalue weighted by Gasteiger charge is 2.22. The molecule has 0 radical (unpaired) electrons. The molecule has 0 saturated carbocycles. The molecule has 0 aliphatic rings. The van der Waals surface area contributed by atoms with Gasteiger partial charge in [0.05, 0.1) is 16.5 Å². The Morgan fingerprint density at radius 1 is 0.523 bits per heavy atom. The molecule has 44 heavy (non-hydrogen) atoms. The second kappa shape index (κ2) is 10.6. The lowest BCUT2D eigenvalue weighted by atomic mass is 10.0. The summed E-state index contributed by atoms with van der Waals surface area (Å²) in [6.45, 7) is 0. The molecule has 0 aliphatic carbocycles. The molecule has 12 heteroatoms. The summed E-state index contributed by atoms with van der Waals surface area (Å²) in [6, 6.07) is 22.5. The van der Waals surface area contributed by atoms with Gasteiger partial charge >= 0.3 is 0 Å². The minimum atomic E-state index is -0.642. The highest BCUT2D eigenvalue weighted by Crippen LogP contribution is 2.29. The van der Waals surface area contributed by atoms with Crippen LogP contribution in [0.15, 0.2) is 104 Å². The second-order valence-electron chi connectivity index (χ2n) is 9.92. The summed E-state index contributed by atoms with van der Waals surface area (Å²) >= 11 is 18.4. The van der Waals surface area contributed by atoms with Crippen molar-refractivity contribution in [3.8, 4) is 5.69 Å². The molecule has 0 fully saturated rings. The van der Waals surface area contributed by atoms with Gasteiger partial charge in [0, 0.05) is 37.2 Å². The number of hydrogen-bond donors (Lipinski definition) is 2. The van der Waals surface area contributed by atoms with E-state index in [-0.39, 0.29) is 49.9 Å². The number of nitrogens with zero attached hydrogens (tertiary/aromatic N) is 3. The second-order valence-corrected chi connectivity index (χ2v) is 11.2. The van der Waals surface area contributed by atoms with E-state index in [0.717, 1.165) is 4.57 Å². The van der Waals surface area contributed by atoms with E-state index in [4.69, 9.17) is 34.8 Å². The van der Waals surface area contributed by atoms with Crippen LogP contribution in [0.4, 0.5) is 23.0 Å². The number of aromatic nitrogens is 3. The molecule has 0 unspecified atom stereocenters. The number of halogens is 3. The van der Waals surface area contributed by atoms with Crippen molar-refractivity contribution in [3.05, 3.63) is 141 Å². The third-order valence-corrected chi connectivity index (χ3v) is 7.79. The molecule has 5 aromatic carbocycles. The molecule has 0 aliphatic heterocycles. The van der Waals surface area contributed by atoms with Crippen molar-refractivity contribution in [2.24, 2.45) is 0 Å². The maximum atomic E-state index is 13.8. The van der Waals surface area contributed by atoms with Gasteiger partial charge in [0.25, 0.3) is 11.1 Å². The SMILES string of the molecule is O=c1c2cc3c(=O)n(-c4cccc(Cl)c4)c(=O)c3cc2c(=O)c2nc(Nc3cccc(Cl)c3)c(Nc3cccc(Cl)c3)nc12. The predicted molar refractivity (Wildman–Crippen MR) is 176 cm³/mol. The number of hydrogen-bond acceptors (Lipinski definition) is 8. The van der Waals surface area contributed by atoms with Gasteiger partial charge in [0.1, 0.15) is 11.0 Å². The number of fused-ring (bicyclic) bond motifs is 3. The maximum absolute atomic E-state index is 13.8. The fourth-order valence-corrected chi connectivity index (χ4v) is 5.66. The molecular weight excluding hydrogens is 625 g/mol. The fourth-order valence-electron chi connectivity index (χ4n) is 5.10. The van der Waals surface area contributed by atoms with Crippen LogP contribution >= 0.6 is 34.8 Å². The molecule has 2 N–H and O–H groups in total. The normalized spacial score (nSPS) is 11.4. The number of anilines is 4. The van der Waals surface area contributed by atoms with Crippen LogP contribution in [0.3, 0.4) is 0 Å². The van der Waals surface area contributed by atoms with Gasteiger partial charge in [-0.3, -0.25) is 19.2 Å². The molecule has 7 aromatic rings. The van der Waals surface area contributed by atoms with Crippen LogP contribution in [0.2, 0.25) is 15.1 Å². The summed E-state index contributed by atoms with van der Waals surface area (Å²) in [6.07, 6.45) is 0. The van der Waals surface area contributed by atoms with Gasteiger partial charge in [0.15, 0.2) is 11.6 Å². The van der Waals surface area contributed by atoms with E-state index in [1.54, 1.807) is 66.7 Å². The van der Waals surface area contributed by atoms with Gasteiger partial charge in [-0.15, -0.1) is 0 Å². The Morgan fingerprint density at radius 3 is 1.39 bits per heavy atom. The van der Waals surface area contributed by atoms with Crippen LogP contribution in [0.5, 0.6) is 0 Å². The maximum Gasteiger partial charge on any atom is 0.266 e. The molecule has 0 bridgehead atoms. The van der Waals surface area contributed by atoms with Gasteiger partial charge in [-0.1, -0.05) is 53.0 Å². The smallest absolute Gasteiger partial charge is 0.266 e. The van der Waals surface area contributed by atoms with Crippen molar-refractivity contribution in [2.75, 3.05) is 10.6 Å². The zero-order valence-electron chi connectivity index (χ0n) is 22.2. The Bertz CT molecular complexity index is 2390. The summed E-state index contributed by atoms with van der Waals surface area (Å²) in [4.78, 5) is 63.5. The number of benzene rings is 5. The quantitative estimate of drug-likeness (QED) is 0.205. The van der Waals surface area contributed by atoms with Crippen molar-refractivity contribution in [2.45, 2.75) is 0 Å². The lowest BCUT2D eigenvalue weighted by molar-refractivity contribution is 0.991. The summed E-state index contributed by atoms with van der Waals surface area (Å²) < 4.78 is 0.959. The molecule has 2 heterocycles. The van der Waals surface area contributed by atoms with E-state index in [1.165, 1.54) is 18.2 Å². The fraction of sp³-hybridized carbons (Fsp3) is 0. The number of nitrogens with one attached hydrogen (secondary N) is 2. The molecule has 0 amide bonds. The summed E-state index contributed by atoms with van der Waals surface area (Å²) in [5.41, 5.74) is -1.60. The largest absolute Gasteiger partial charge is 0.337 e. The topological polar surface area (TPSA) is 123 Å². The first kappa shape index (κ1) is 27.7. The van der Waals surface area contributed by atoms with E-state index in [1.807, 2.05) is 0 Å². The molecule has 7 rings (SSSR count). The van der Waals surface area contributed by atoms with E-state index in [2.05, 4.69) is 20.6 Å². The molecule has 9 nitrogen and oxygen atoms in total. The standard InChI is InChI=1S/C32H16Cl3N5O4/c33-15-4-1-7-18(10-15)36-29-30(37-19-8-2-5-16(34)11-19)39-26-25(38-29)27(41)21-13-23-24(14-22(21)28(26)42)32(44)40(31(23)43)20-9-3-6-17(35)12-20/h1-14H,(H,36,38)(H,37,39). The van der Waals surface area contributed by atoms with E-state index < -0.39 is 22.0 Å². The summed E-state index contributed by atoms with van der Waals surface area (Å²) in [5.74, 6) is 0.269. The van der Waals surface area contributed by atoms with Crippen molar-refractivity contribution >= 4 is 90.4 Å². The van der Waals surface area contributed by atoms with Crippen molar-refractivity contribution < 1.29 is 0 Å². The average molecular weight is 641 g/mol. The molecular formula is C32H16Cl3N5O4. The van der Waals surface area contributed by atoms with E-state index in [9.17, 15) is 19.2 Å². The Labute approximate surface area is 261 Å². The Kier molecular flexibility index (Phi) is 6.66. The average Bonchev–Trinajstić information content (AvgIpc) is 3.24. The molecule has 2 aromatic heterocycles. The van der Waals surface area contributed by atoms with E-state index in [0.29, 0.717) is 26.4 Å². The third-order valence-electron chi connectivity index (χ3n) is 7.08. The van der Waals surface area contributed by atoms with Crippen LogP contribution in [0.1, 0.15) is 0 Å². The summed E-state index contributed by atoms with van der Waals surface area (Å²) in [7, 11) is 0. The van der Waals surface area contributed by atoms with Gasteiger partial charge in [-0.05, 0) is 66.7 Å². The first-order valence-corrected chi connectivity index (χ1v) is 14.2. The third kappa shape index (κ3) is 4.67. The predicted octanol–water partition coefficient (Wildman–Crippen LogP) is 6.49.